The van der Waals surface area contributed by atoms with Gasteiger partial charge in [0.15, 0.2) is 5.82 Å². The van der Waals surface area contributed by atoms with Crippen molar-refractivity contribution < 1.29 is 5.11 Å². The van der Waals surface area contributed by atoms with Gasteiger partial charge >= 0.3 is 0 Å². The van der Waals surface area contributed by atoms with E-state index in [0.717, 1.165) is 40.4 Å². The van der Waals surface area contributed by atoms with Crippen molar-refractivity contribution in [3.05, 3.63) is 41.5 Å². The third-order valence-electron chi connectivity index (χ3n) is 6.54. The van der Waals surface area contributed by atoms with E-state index in [2.05, 4.69) is 32.0 Å². The lowest BCUT2D eigenvalue weighted by Crippen LogP contribution is -2.45. The van der Waals surface area contributed by atoms with Gasteiger partial charge in [0.25, 0.3) is 0 Å². The van der Waals surface area contributed by atoms with Crippen molar-refractivity contribution in [3.63, 3.8) is 0 Å². The second kappa shape index (κ2) is 7.96. The highest BCUT2D eigenvalue weighted by Gasteiger charge is 2.32. The zero-order valence-electron chi connectivity index (χ0n) is 17.5. The molecule has 0 spiro atoms. The fourth-order valence-electron chi connectivity index (χ4n) is 4.41. The van der Waals surface area contributed by atoms with E-state index in [1.54, 1.807) is 17.4 Å². The molecule has 0 unspecified atom stereocenters. The van der Waals surface area contributed by atoms with Gasteiger partial charge in [-0.3, -0.25) is 4.90 Å². The van der Waals surface area contributed by atoms with E-state index in [4.69, 9.17) is 0 Å². The molecule has 3 aromatic rings. The zero-order valence-corrected chi connectivity index (χ0v) is 18.3. The predicted molar refractivity (Wildman–Crippen MR) is 121 cm³/mol. The summed E-state index contributed by atoms with van der Waals surface area (Å²) in [4.78, 5) is 10.2. The molecule has 0 amide bonds. The van der Waals surface area contributed by atoms with Crippen LogP contribution in [0.25, 0.3) is 21.7 Å². The summed E-state index contributed by atoms with van der Waals surface area (Å²) >= 11 is 1.62. The Morgan fingerprint density at radius 3 is 2.60 bits per heavy atom. The van der Waals surface area contributed by atoms with Gasteiger partial charge in [-0.05, 0) is 63.1 Å². The summed E-state index contributed by atoms with van der Waals surface area (Å²) in [5.74, 6) is 1.13. The lowest BCUT2D eigenvalue weighted by Gasteiger charge is -2.38. The van der Waals surface area contributed by atoms with E-state index < -0.39 is 0 Å². The van der Waals surface area contributed by atoms with E-state index >= 15 is 0 Å². The van der Waals surface area contributed by atoms with Crippen LogP contribution in [0.5, 0.6) is 5.75 Å². The molecular formula is C23H27N5OS. The average molecular weight is 422 g/mol. The number of benzene rings is 1. The van der Waals surface area contributed by atoms with Crippen LogP contribution in [0.4, 0.5) is 5.82 Å². The highest BCUT2D eigenvalue weighted by Crippen LogP contribution is 2.35. The van der Waals surface area contributed by atoms with Crippen LogP contribution < -0.4 is 4.90 Å². The van der Waals surface area contributed by atoms with E-state index in [9.17, 15) is 5.11 Å². The molecule has 1 aliphatic heterocycles. The fraction of sp³-hybridized carbons (Fsp3) is 0.435. The second-order valence-electron chi connectivity index (χ2n) is 8.39. The molecule has 1 saturated heterocycles. The number of likely N-dealkylation sites (N-methyl/N-ethyl adjacent to an activating group) is 1. The van der Waals surface area contributed by atoms with Gasteiger partial charge in [0, 0.05) is 36.9 Å². The smallest absolute Gasteiger partial charge is 0.151 e. The van der Waals surface area contributed by atoms with Crippen LogP contribution in [0, 0.1) is 6.92 Å². The minimum absolute atomic E-state index is 0.212. The van der Waals surface area contributed by atoms with Crippen LogP contribution >= 0.6 is 11.3 Å². The molecule has 2 aliphatic rings. The number of aromatic nitrogens is 3. The number of phenolic OH excluding ortho intramolecular Hbond substituents is 1. The van der Waals surface area contributed by atoms with Crippen LogP contribution in [0.1, 0.15) is 30.7 Å². The fourth-order valence-corrected chi connectivity index (χ4v) is 5.18. The molecule has 0 bridgehead atoms. The molecule has 1 aromatic carbocycles. The Labute approximate surface area is 181 Å². The maximum absolute atomic E-state index is 10.6. The molecule has 30 heavy (non-hydrogen) atoms. The van der Waals surface area contributed by atoms with E-state index in [1.807, 2.05) is 37.4 Å². The van der Waals surface area contributed by atoms with Gasteiger partial charge in [-0.2, -0.15) is 0 Å². The molecular weight excluding hydrogens is 394 g/mol. The molecule has 2 aromatic heterocycles. The third-order valence-corrected chi connectivity index (χ3v) is 7.51. The monoisotopic (exact) mass is 421 g/mol. The Balaban J connectivity index is 1.29. The Bertz CT molecular complexity index is 1030. The normalized spacial score (nSPS) is 19.4. The molecule has 6 nitrogen and oxygen atoms in total. The third kappa shape index (κ3) is 3.68. The first-order valence-electron chi connectivity index (χ1n) is 10.7. The van der Waals surface area contributed by atoms with Crippen molar-refractivity contribution in [3.8, 4) is 27.4 Å². The van der Waals surface area contributed by atoms with Crippen molar-refractivity contribution >= 4 is 17.2 Å². The molecule has 1 saturated carbocycles. The summed E-state index contributed by atoms with van der Waals surface area (Å²) < 4.78 is 0. The summed E-state index contributed by atoms with van der Waals surface area (Å²) in [5, 5.41) is 20.5. The number of anilines is 1. The van der Waals surface area contributed by atoms with Gasteiger partial charge in [-0.1, -0.05) is 12.5 Å². The standard InChI is InChI=1S/C23H27N5OS/c1-15-24-13-22(30-15)16-6-7-19(21(29)12-16)20-8-9-23(26-25-20)28-11-10-18(14-28)27(2)17-4-3-5-17/h6-9,12-13,17-18,29H,3-5,10-11,14H2,1-2H3/t18-/m0/s1. The molecule has 1 atom stereocenters. The van der Waals surface area contributed by atoms with Gasteiger partial charge in [0.1, 0.15) is 5.75 Å². The van der Waals surface area contributed by atoms with Gasteiger partial charge in [-0.25, -0.2) is 4.98 Å². The number of thiazole rings is 1. The summed E-state index contributed by atoms with van der Waals surface area (Å²) in [6.45, 7) is 4.01. The molecule has 5 rings (SSSR count). The Morgan fingerprint density at radius 2 is 1.97 bits per heavy atom. The Hall–Kier alpha value is -2.51. The predicted octanol–water partition coefficient (Wildman–Crippen LogP) is 4.34. The Kier molecular flexibility index (Phi) is 5.16. The van der Waals surface area contributed by atoms with Crippen LogP contribution in [0.2, 0.25) is 0 Å². The van der Waals surface area contributed by atoms with Crippen LogP contribution in [0.3, 0.4) is 0 Å². The van der Waals surface area contributed by atoms with Gasteiger partial charge in [0.2, 0.25) is 0 Å². The van der Waals surface area contributed by atoms with Crippen LogP contribution in [0.15, 0.2) is 36.5 Å². The van der Waals surface area contributed by atoms with Gasteiger partial charge < -0.3 is 10.0 Å². The van der Waals surface area contributed by atoms with E-state index in [1.165, 1.54) is 25.7 Å². The first kappa shape index (κ1) is 19.5. The number of nitrogens with zero attached hydrogens (tertiary/aromatic N) is 5. The number of hydrogen-bond donors (Lipinski definition) is 1. The summed E-state index contributed by atoms with van der Waals surface area (Å²) in [7, 11) is 2.27. The van der Waals surface area contributed by atoms with Gasteiger partial charge in [-0.15, -0.1) is 21.5 Å². The van der Waals surface area contributed by atoms with Gasteiger partial charge in [0.05, 0.1) is 15.6 Å². The lowest BCUT2D eigenvalue weighted by molar-refractivity contribution is 0.119. The Morgan fingerprint density at radius 1 is 1.10 bits per heavy atom. The summed E-state index contributed by atoms with van der Waals surface area (Å²) in [6, 6.07) is 11.0. The van der Waals surface area contributed by atoms with Crippen molar-refractivity contribution in [2.75, 3.05) is 25.0 Å². The maximum atomic E-state index is 10.6. The van der Waals surface area contributed by atoms with Crippen molar-refractivity contribution in [1.29, 1.82) is 0 Å². The molecule has 2 fully saturated rings. The van der Waals surface area contributed by atoms with E-state index in [-0.39, 0.29) is 5.75 Å². The van der Waals surface area contributed by atoms with Crippen molar-refractivity contribution in [2.45, 2.75) is 44.7 Å². The second-order valence-corrected chi connectivity index (χ2v) is 9.63. The van der Waals surface area contributed by atoms with Crippen molar-refractivity contribution in [2.24, 2.45) is 0 Å². The first-order chi connectivity index (χ1) is 14.6. The first-order valence-corrected chi connectivity index (χ1v) is 11.5. The number of aryl methyl sites for hydroxylation is 1. The SMILES string of the molecule is Cc1ncc(-c2ccc(-c3ccc(N4CC[C@H](N(C)C5CCC5)C4)nn3)c(O)c2)s1. The van der Waals surface area contributed by atoms with Crippen molar-refractivity contribution in [1.82, 2.24) is 20.1 Å². The van der Waals surface area contributed by atoms with E-state index in [0.29, 0.717) is 17.3 Å². The average Bonchev–Trinajstić information content (AvgIpc) is 3.36. The highest BCUT2D eigenvalue weighted by molar-refractivity contribution is 7.15. The number of aromatic hydroxyl groups is 1. The number of phenols is 1. The largest absolute Gasteiger partial charge is 0.507 e. The number of hydrogen-bond acceptors (Lipinski definition) is 7. The van der Waals surface area contributed by atoms with Crippen LogP contribution in [-0.4, -0.2) is 57.4 Å². The quantitative estimate of drug-likeness (QED) is 0.661. The summed E-state index contributed by atoms with van der Waals surface area (Å²) in [6.07, 6.45) is 7.07. The summed E-state index contributed by atoms with van der Waals surface area (Å²) in [5.41, 5.74) is 2.35. The minimum atomic E-state index is 0.212. The highest BCUT2D eigenvalue weighted by atomic mass is 32.1. The molecule has 1 N–H and O–H groups in total. The lowest BCUT2D eigenvalue weighted by atomic mass is 9.91. The molecule has 7 heteroatoms. The molecule has 0 radical (unpaired) electrons. The molecule has 156 valence electrons. The zero-order chi connectivity index (χ0) is 20.7. The van der Waals surface area contributed by atoms with Crippen LogP contribution in [-0.2, 0) is 0 Å². The topological polar surface area (TPSA) is 65.4 Å². The maximum Gasteiger partial charge on any atom is 0.151 e. The minimum Gasteiger partial charge on any atom is -0.507 e. The number of rotatable bonds is 5. The molecule has 1 aliphatic carbocycles. The molecule has 3 heterocycles.